The highest BCUT2D eigenvalue weighted by Gasteiger charge is 2.14. The van der Waals surface area contributed by atoms with Crippen LogP contribution in [0.1, 0.15) is 5.56 Å². The quantitative estimate of drug-likeness (QED) is 0.574. The number of anilines is 1. The number of nitrogens with zero attached hydrogens (tertiary/aromatic N) is 4. The van der Waals surface area contributed by atoms with Crippen LogP contribution in [0.15, 0.2) is 55.2 Å². The van der Waals surface area contributed by atoms with E-state index in [1.807, 2.05) is 34.9 Å². The van der Waals surface area contributed by atoms with Crippen molar-refractivity contribution in [3.63, 3.8) is 0 Å². The van der Waals surface area contributed by atoms with Crippen LogP contribution in [0.3, 0.4) is 0 Å². The highest BCUT2D eigenvalue weighted by atomic mass is 16.7. The fourth-order valence-electron chi connectivity index (χ4n) is 3.16. The van der Waals surface area contributed by atoms with E-state index < -0.39 is 0 Å². The Labute approximate surface area is 160 Å². The zero-order chi connectivity index (χ0) is 18.9. The second-order valence-electron chi connectivity index (χ2n) is 6.27. The summed E-state index contributed by atoms with van der Waals surface area (Å²) >= 11 is 0. The van der Waals surface area contributed by atoms with E-state index in [4.69, 9.17) is 14.2 Å². The number of hydrogen-bond donors (Lipinski definition) is 1. The molecule has 0 aliphatic carbocycles. The molecule has 1 N–H and O–H groups in total. The van der Waals surface area contributed by atoms with Gasteiger partial charge in [-0.25, -0.2) is 9.97 Å². The lowest BCUT2D eigenvalue weighted by Gasteiger charge is -2.09. The van der Waals surface area contributed by atoms with Gasteiger partial charge in [-0.2, -0.15) is 0 Å². The first-order chi connectivity index (χ1) is 13.8. The first-order valence-electron chi connectivity index (χ1n) is 8.76. The summed E-state index contributed by atoms with van der Waals surface area (Å²) in [7, 11) is 1.62. The molecular weight excluding hydrogens is 358 g/mol. The third-order valence-electron chi connectivity index (χ3n) is 4.57. The summed E-state index contributed by atoms with van der Waals surface area (Å²) in [4.78, 5) is 13.2. The highest BCUT2D eigenvalue weighted by molar-refractivity contribution is 5.70. The molecule has 8 nitrogen and oxygen atoms in total. The Kier molecular flexibility index (Phi) is 3.93. The van der Waals surface area contributed by atoms with Crippen molar-refractivity contribution in [3.8, 4) is 28.5 Å². The standard InChI is InChI=1S/C20H17N5O3/c1-26-15-7-14(9-21-10-15)16-11-24-20-19(22-4-5-25(16)20)23-8-13-2-3-17-18(6-13)28-12-27-17/h2-7,9-11H,8,12H2,1H3,(H,22,23). The average molecular weight is 375 g/mol. The molecule has 5 rings (SSSR count). The van der Waals surface area contributed by atoms with Crippen LogP contribution in [0.2, 0.25) is 0 Å². The maximum absolute atomic E-state index is 5.43. The van der Waals surface area contributed by atoms with Gasteiger partial charge in [-0.1, -0.05) is 6.07 Å². The maximum Gasteiger partial charge on any atom is 0.231 e. The van der Waals surface area contributed by atoms with Crippen molar-refractivity contribution in [2.24, 2.45) is 0 Å². The lowest BCUT2D eigenvalue weighted by molar-refractivity contribution is 0.174. The lowest BCUT2D eigenvalue weighted by Crippen LogP contribution is -2.04. The molecule has 8 heteroatoms. The summed E-state index contributed by atoms with van der Waals surface area (Å²) in [5.74, 6) is 2.93. The van der Waals surface area contributed by atoms with Crippen LogP contribution in [0.5, 0.6) is 17.2 Å². The van der Waals surface area contributed by atoms with E-state index in [2.05, 4.69) is 20.3 Å². The number of aromatic nitrogens is 4. The molecular formula is C20H17N5O3. The first-order valence-corrected chi connectivity index (χ1v) is 8.76. The van der Waals surface area contributed by atoms with E-state index in [-0.39, 0.29) is 6.79 Å². The Morgan fingerprint density at radius 1 is 1.11 bits per heavy atom. The average Bonchev–Trinajstić information content (AvgIpc) is 3.39. The van der Waals surface area contributed by atoms with Crippen LogP contribution < -0.4 is 19.5 Å². The maximum atomic E-state index is 5.43. The predicted octanol–water partition coefficient (Wildman–Crippen LogP) is 3.14. The molecule has 0 spiro atoms. The van der Waals surface area contributed by atoms with Gasteiger partial charge in [0.15, 0.2) is 23.0 Å². The monoisotopic (exact) mass is 375 g/mol. The molecule has 0 atom stereocenters. The molecule has 0 radical (unpaired) electrons. The lowest BCUT2D eigenvalue weighted by atomic mass is 10.2. The molecule has 140 valence electrons. The van der Waals surface area contributed by atoms with Crippen LogP contribution in [0.25, 0.3) is 16.9 Å². The van der Waals surface area contributed by atoms with Crippen molar-refractivity contribution in [3.05, 3.63) is 60.8 Å². The van der Waals surface area contributed by atoms with Crippen LogP contribution in [-0.2, 0) is 6.54 Å². The van der Waals surface area contributed by atoms with Gasteiger partial charge >= 0.3 is 0 Å². The summed E-state index contributed by atoms with van der Waals surface area (Å²) < 4.78 is 18.0. The van der Waals surface area contributed by atoms with Gasteiger partial charge in [0.1, 0.15) is 5.75 Å². The van der Waals surface area contributed by atoms with Gasteiger partial charge in [0.2, 0.25) is 6.79 Å². The minimum Gasteiger partial charge on any atom is -0.495 e. The first kappa shape index (κ1) is 16.4. The Hall–Kier alpha value is -3.81. The highest BCUT2D eigenvalue weighted by Crippen LogP contribution is 2.33. The topological polar surface area (TPSA) is 82.8 Å². The van der Waals surface area contributed by atoms with Gasteiger partial charge in [-0.3, -0.25) is 9.38 Å². The number of imidazole rings is 1. The van der Waals surface area contributed by atoms with Crippen LogP contribution >= 0.6 is 0 Å². The SMILES string of the molecule is COc1cncc(-c2cnc3c(NCc4ccc5c(c4)OCO5)nccn23)c1. The summed E-state index contributed by atoms with van der Waals surface area (Å²) in [5, 5.41) is 3.35. The Bertz CT molecular complexity index is 1160. The molecule has 1 aromatic carbocycles. The van der Waals surface area contributed by atoms with Crippen molar-refractivity contribution in [2.75, 3.05) is 19.2 Å². The summed E-state index contributed by atoms with van der Waals surface area (Å²) in [6.45, 7) is 0.856. The largest absolute Gasteiger partial charge is 0.495 e. The molecule has 0 amide bonds. The van der Waals surface area contributed by atoms with Crippen molar-refractivity contribution in [1.82, 2.24) is 19.4 Å². The fourth-order valence-corrected chi connectivity index (χ4v) is 3.16. The number of methoxy groups -OCH3 is 1. The molecule has 1 aliphatic heterocycles. The number of hydrogen-bond acceptors (Lipinski definition) is 7. The Morgan fingerprint density at radius 3 is 2.96 bits per heavy atom. The summed E-state index contributed by atoms with van der Waals surface area (Å²) in [6.07, 6.45) is 8.88. The number of ether oxygens (including phenoxy) is 3. The summed E-state index contributed by atoms with van der Waals surface area (Å²) in [6, 6.07) is 7.81. The van der Waals surface area contributed by atoms with Gasteiger partial charge in [0.25, 0.3) is 0 Å². The number of fused-ring (bicyclic) bond motifs is 2. The van der Waals surface area contributed by atoms with Crippen LogP contribution in [-0.4, -0.2) is 33.3 Å². The zero-order valence-electron chi connectivity index (χ0n) is 15.1. The second kappa shape index (κ2) is 6.73. The van der Waals surface area contributed by atoms with Gasteiger partial charge in [-0.05, 0) is 23.8 Å². The van der Waals surface area contributed by atoms with E-state index in [1.54, 1.807) is 31.9 Å². The van der Waals surface area contributed by atoms with E-state index >= 15 is 0 Å². The molecule has 4 heterocycles. The predicted molar refractivity (Wildman–Crippen MR) is 103 cm³/mol. The summed E-state index contributed by atoms with van der Waals surface area (Å²) in [5.41, 5.74) is 3.63. The second-order valence-corrected chi connectivity index (χ2v) is 6.27. The van der Waals surface area contributed by atoms with Gasteiger partial charge in [-0.15, -0.1) is 0 Å². The smallest absolute Gasteiger partial charge is 0.231 e. The van der Waals surface area contributed by atoms with Crippen LogP contribution in [0, 0.1) is 0 Å². The molecule has 0 fully saturated rings. The fraction of sp³-hybridized carbons (Fsp3) is 0.150. The number of nitrogens with one attached hydrogen (secondary N) is 1. The van der Waals surface area contributed by atoms with E-state index in [0.717, 1.165) is 34.0 Å². The van der Waals surface area contributed by atoms with E-state index in [0.29, 0.717) is 18.1 Å². The zero-order valence-corrected chi connectivity index (χ0v) is 15.1. The molecule has 0 saturated carbocycles. The molecule has 4 aromatic rings. The Morgan fingerprint density at radius 2 is 2.04 bits per heavy atom. The van der Waals surface area contributed by atoms with Gasteiger partial charge in [0.05, 0.1) is 25.2 Å². The number of rotatable bonds is 5. The normalized spacial score (nSPS) is 12.3. The minimum absolute atomic E-state index is 0.267. The number of pyridine rings is 1. The molecule has 1 aliphatic rings. The van der Waals surface area contributed by atoms with Gasteiger partial charge in [0, 0.05) is 30.7 Å². The Balaban J connectivity index is 1.43. The van der Waals surface area contributed by atoms with Crippen molar-refractivity contribution in [1.29, 1.82) is 0 Å². The van der Waals surface area contributed by atoms with Crippen molar-refractivity contribution >= 4 is 11.5 Å². The van der Waals surface area contributed by atoms with Gasteiger partial charge < -0.3 is 19.5 Å². The molecule has 3 aromatic heterocycles. The van der Waals surface area contributed by atoms with Crippen molar-refractivity contribution < 1.29 is 14.2 Å². The molecule has 0 saturated heterocycles. The molecule has 28 heavy (non-hydrogen) atoms. The number of benzene rings is 1. The third kappa shape index (κ3) is 2.84. The molecule has 0 unspecified atom stereocenters. The van der Waals surface area contributed by atoms with E-state index in [9.17, 15) is 0 Å². The van der Waals surface area contributed by atoms with Crippen molar-refractivity contribution in [2.45, 2.75) is 6.54 Å². The van der Waals surface area contributed by atoms with E-state index in [1.165, 1.54) is 0 Å². The molecule has 0 bridgehead atoms. The third-order valence-corrected chi connectivity index (χ3v) is 4.57. The minimum atomic E-state index is 0.267. The van der Waals surface area contributed by atoms with Crippen LogP contribution in [0.4, 0.5) is 5.82 Å².